The fourth-order valence-corrected chi connectivity index (χ4v) is 17.5. The van der Waals surface area contributed by atoms with Crippen molar-refractivity contribution in [3.8, 4) is 6.07 Å². The molecule has 13 nitrogen and oxygen atoms in total. The Bertz CT molecular complexity index is 4520. The lowest BCUT2D eigenvalue weighted by molar-refractivity contribution is -0.133. The number of rotatable bonds is 16. The average Bonchev–Trinajstić information content (AvgIpc) is 0.800. The van der Waals surface area contributed by atoms with Gasteiger partial charge in [-0.2, -0.15) is 5.26 Å². The number of benzene rings is 8. The highest BCUT2D eigenvalue weighted by atomic mass is 79.9. The van der Waals surface area contributed by atoms with E-state index in [1.807, 2.05) is 69.8 Å². The quantitative estimate of drug-likeness (QED) is 0.0898. The lowest BCUT2D eigenvalue weighted by Gasteiger charge is -2.36. The Labute approximate surface area is 654 Å². The molecule has 4 heterocycles. The molecule has 0 aliphatic carbocycles. The Hall–Kier alpha value is -6.20. The first-order valence-corrected chi connectivity index (χ1v) is 40.2. The molecule has 103 heavy (non-hydrogen) atoms. The summed E-state index contributed by atoms with van der Waals surface area (Å²) in [6, 6.07) is 48.0. The molecule has 23 heteroatoms. The van der Waals surface area contributed by atoms with Gasteiger partial charge in [-0.15, -0.1) is 0 Å². The SMILES string of the molecule is C[C@H]1c2cccc(CBr)c2CCN1C(=O)Cc1c(Cl)cccc1Cl.C[C@H]1c2cccc(CC#N)c2CCN1C(=O)Cc1c(Cl)cccc1Cl.C[C@H]1c2cccc(CCN)c2CCN1C(=O)Cc1c(Cl)cccc1Cl.C[C@H]1c2cccc(CCNS(C)(=O)=O)c2CCN1C(=O)Cc1c(Cl)cccc1Cl. The molecule has 8 aromatic carbocycles. The zero-order chi connectivity index (χ0) is 74.4. The van der Waals surface area contributed by atoms with Crippen LogP contribution in [0.3, 0.4) is 0 Å². The van der Waals surface area contributed by atoms with Crippen molar-refractivity contribution in [3.05, 3.63) is 275 Å². The molecule has 0 saturated carbocycles. The van der Waals surface area contributed by atoms with Crippen LogP contribution in [-0.4, -0.2) is 97.2 Å². The molecule has 0 saturated heterocycles. The molecular formula is C80H82BrCl8N7O6S. The summed E-state index contributed by atoms with van der Waals surface area (Å²) in [7, 11) is -3.21. The number of hydrogen-bond acceptors (Lipinski definition) is 8. The molecular weight excluding hydrogens is 1550 g/mol. The fourth-order valence-electron chi connectivity index (χ4n) is 14.3. The Morgan fingerprint density at radius 1 is 0.437 bits per heavy atom. The van der Waals surface area contributed by atoms with Crippen molar-refractivity contribution in [2.45, 2.75) is 128 Å². The zero-order valence-corrected chi connectivity index (χ0v) is 66.4. The first kappa shape index (κ1) is 80.9. The first-order chi connectivity index (χ1) is 49.2. The van der Waals surface area contributed by atoms with E-state index in [4.69, 9.17) is 104 Å². The lowest BCUT2D eigenvalue weighted by Crippen LogP contribution is -2.40. The zero-order valence-electron chi connectivity index (χ0n) is 58.0. The third-order valence-corrected chi connectivity index (χ3v) is 23.9. The van der Waals surface area contributed by atoms with Gasteiger partial charge in [-0.25, -0.2) is 13.1 Å². The van der Waals surface area contributed by atoms with Crippen molar-refractivity contribution < 1.29 is 27.6 Å². The van der Waals surface area contributed by atoms with Gasteiger partial charge in [-0.3, -0.25) is 19.2 Å². The number of nitriles is 1. The normalized spacial score (nSPS) is 16.6. The van der Waals surface area contributed by atoms with Crippen LogP contribution in [0.2, 0.25) is 40.2 Å². The van der Waals surface area contributed by atoms with Gasteiger partial charge < -0.3 is 25.3 Å². The molecule has 4 aliphatic heterocycles. The topological polar surface area (TPSA) is 177 Å². The minimum Gasteiger partial charge on any atom is -0.335 e. The smallest absolute Gasteiger partial charge is 0.227 e. The Morgan fingerprint density at radius 3 is 0.961 bits per heavy atom. The summed E-state index contributed by atoms with van der Waals surface area (Å²) >= 11 is 53.3. The van der Waals surface area contributed by atoms with Crippen LogP contribution in [0.5, 0.6) is 0 Å². The van der Waals surface area contributed by atoms with E-state index in [2.05, 4.69) is 77.0 Å². The second-order valence-corrected chi connectivity index (χ2v) is 31.6. The lowest BCUT2D eigenvalue weighted by atomic mass is 9.88. The summed E-state index contributed by atoms with van der Waals surface area (Å²) in [5.41, 5.74) is 23.0. The van der Waals surface area contributed by atoms with Gasteiger partial charge in [0.25, 0.3) is 0 Å². The standard InChI is InChI=1S/C21H24Cl2N2O3S.C20H22Cl2N2O.C20H18Cl2N2O.C19H18BrCl2NO/c1-14-16-6-3-5-15(9-11-24-29(2,27)28)17(16)10-12-25(14)21(26)13-18-19(22)7-4-8-20(18)23;2*1-13-15-5-2-4-14(8-10-23)16(15)9-11-24(13)20(25)12-17-18(21)6-3-7-19(17)22;1-12-14-5-2-4-13(11-20)15(14)8-9-23(12)19(24)10-16-17(21)6-3-7-18(16)22/h3-8,14,24H,9-13H2,1-2H3;2-7,13H,8-12,23H2,1H3;2-7,13H,8-9,11-12H2,1H3;2-7,12H,8-11H2,1H3/t14-;2*13-;12-/m0000/s1. The molecule has 0 fully saturated rings. The maximum absolute atomic E-state index is 13.0. The van der Waals surface area contributed by atoms with Crippen molar-refractivity contribution in [2.24, 2.45) is 5.73 Å². The molecule has 12 rings (SSSR count). The molecule has 0 bridgehead atoms. The van der Waals surface area contributed by atoms with E-state index in [0.29, 0.717) is 108 Å². The molecule has 0 radical (unpaired) electrons. The highest BCUT2D eigenvalue weighted by Crippen LogP contribution is 2.39. The summed E-state index contributed by atoms with van der Waals surface area (Å²) in [6.45, 7) is 11.9. The van der Waals surface area contributed by atoms with Crippen LogP contribution >= 0.6 is 109 Å². The molecule has 8 aromatic rings. The van der Waals surface area contributed by atoms with Crippen LogP contribution < -0.4 is 10.5 Å². The summed E-state index contributed by atoms with van der Waals surface area (Å²) in [4.78, 5) is 59.2. The van der Waals surface area contributed by atoms with E-state index in [9.17, 15) is 27.6 Å². The number of halogens is 9. The van der Waals surface area contributed by atoms with Crippen LogP contribution in [0.1, 0.15) is 141 Å². The maximum atomic E-state index is 13.0. The van der Waals surface area contributed by atoms with E-state index in [0.717, 1.165) is 72.5 Å². The second kappa shape index (κ2) is 37.4. The van der Waals surface area contributed by atoms with Crippen molar-refractivity contribution >= 4 is 142 Å². The highest BCUT2D eigenvalue weighted by Gasteiger charge is 2.34. The van der Waals surface area contributed by atoms with Gasteiger partial charge in [-0.1, -0.05) is 206 Å². The van der Waals surface area contributed by atoms with E-state index in [-0.39, 0.29) is 73.5 Å². The van der Waals surface area contributed by atoms with E-state index < -0.39 is 10.0 Å². The van der Waals surface area contributed by atoms with Gasteiger partial charge in [0.2, 0.25) is 33.7 Å². The van der Waals surface area contributed by atoms with Crippen LogP contribution in [0.25, 0.3) is 0 Å². The predicted molar refractivity (Wildman–Crippen MR) is 423 cm³/mol. The number of nitrogens with one attached hydrogen (secondary N) is 1. The molecule has 0 spiro atoms. The largest absolute Gasteiger partial charge is 0.335 e. The Kier molecular flexibility index (Phi) is 29.3. The highest BCUT2D eigenvalue weighted by molar-refractivity contribution is 9.08. The number of nitrogens with zero attached hydrogens (tertiary/aromatic N) is 5. The number of carbonyl (C=O) groups is 4. The minimum absolute atomic E-state index is 0.0118. The van der Waals surface area contributed by atoms with Crippen LogP contribution in [0.15, 0.2) is 146 Å². The van der Waals surface area contributed by atoms with Crippen molar-refractivity contribution in [3.63, 3.8) is 0 Å². The molecule has 4 atom stereocenters. The summed E-state index contributed by atoms with van der Waals surface area (Å²) in [6.07, 6.45) is 7.09. The van der Waals surface area contributed by atoms with Gasteiger partial charge in [0.05, 0.1) is 68.6 Å². The number of amides is 4. The number of nitrogens with two attached hydrogens (primary N) is 1. The molecule has 4 aliphatic rings. The summed E-state index contributed by atoms with van der Waals surface area (Å²) in [5.74, 6) is 0.117. The third-order valence-electron chi connectivity index (χ3n) is 19.7. The molecule has 0 aromatic heterocycles. The van der Waals surface area contributed by atoms with E-state index >= 15 is 0 Å². The molecule has 542 valence electrons. The number of hydrogen-bond donors (Lipinski definition) is 2. The number of fused-ring (bicyclic) bond motifs is 4. The van der Waals surface area contributed by atoms with Crippen molar-refractivity contribution in [2.75, 3.05) is 45.5 Å². The van der Waals surface area contributed by atoms with Gasteiger partial charge in [0, 0.05) is 78.2 Å². The molecule has 3 N–H and O–H groups in total. The maximum Gasteiger partial charge on any atom is 0.227 e. The van der Waals surface area contributed by atoms with Gasteiger partial charge in [-0.05, 0) is 210 Å². The van der Waals surface area contributed by atoms with E-state index in [1.54, 1.807) is 72.8 Å². The second-order valence-electron chi connectivity index (χ2n) is 25.9. The monoisotopic (exact) mass is 1630 g/mol. The minimum atomic E-state index is -3.21. The Balaban J connectivity index is 0.000000160. The molecule has 4 amide bonds. The Morgan fingerprint density at radius 2 is 0.689 bits per heavy atom. The number of carbonyl (C=O) groups excluding carboxylic acids is 4. The fraction of sp³-hybridized carbons (Fsp3) is 0.338. The summed E-state index contributed by atoms with van der Waals surface area (Å²) < 4.78 is 25.1. The average molecular weight is 1630 g/mol. The van der Waals surface area contributed by atoms with Crippen molar-refractivity contribution in [1.29, 1.82) is 5.26 Å². The van der Waals surface area contributed by atoms with Crippen LogP contribution in [0, 0.1) is 11.3 Å². The van der Waals surface area contributed by atoms with E-state index in [1.165, 1.54) is 44.5 Å². The van der Waals surface area contributed by atoms with Crippen molar-refractivity contribution in [1.82, 2.24) is 24.3 Å². The first-order valence-electron chi connectivity index (χ1n) is 34.1. The van der Waals surface area contributed by atoms with Crippen LogP contribution in [0.4, 0.5) is 0 Å². The predicted octanol–water partition coefficient (Wildman–Crippen LogP) is 18.3. The van der Waals surface area contributed by atoms with Gasteiger partial charge in [0.1, 0.15) is 0 Å². The third kappa shape index (κ3) is 20.1. The number of sulfonamides is 1. The molecule has 0 unspecified atom stereocenters. The van der Waals surface area contributed by atoms with Gasteiger partial charge >= 0.3 is 0 Å². The summed E-state index contributed by atoms with van der Waals surface area (Å²) in [5, 5.41) is 14.0. The number of alkyl halides is 1. The van der Waals surface area contributed by atoms with Crippen LogP contribution in [-0.2, 0) is 105 Å². The van der Waals surface area contributed by atoms with Gasteiger partial charge in [0.15, 0.2) is 0 Å².